The Hall–Kier alpha value is -3.02. The van der Waals surface area contributed by atoms with E-state index in [-0.39, 0.29) is 18.2 Å². The van der Waals surface area contributed by atoms with E-state index in [1.165, 1.54) is 0 Å². The van der Waals surface area contributed by atoms with Crippen LogP contribution < -0.4 is 10.7 Å². The first-order valence-corrected chi connectivity index (χ1v) is 7.19. The third kappa shape index (κ3) is 5.70. The van der Waals surface area contributed by atoms with Crippen LogP contribution in [-0.2, 0) is 11.3 Å². The molecule has 2 N–H and O–H groups in total. The zero-order valence-electron chi connectivity index (χ0n) is 12.8. The summed E-state index contributed by atoms with van der Waals surface area (Å²) in [7, 11) is 0. The van der Waals surface area contributed by atoms with Crippen LogP contribution in [-0.4, -0.2) is 22.5 Å². The highest BCUT2D eigenvalue weighted by molar-refractivity contribution is 6.01. The van der Waals surface area contributed by atoms with Crippen molar-refractivity contribution in [3.05, 3.63) is 66.0 Å². The summed E-state index contributed by atoms with van der Waals surface area (Å²) in [6.07, 6.45) is 3.49. The SMILES string of the molecule is C/C(CC(=O)NCc1cccnc1)=N\NC(=O)c1ccccc1. The topological polar surface area (TPSA) is 83.4 Å². The fourth-order valence-electron chi connectivity index (χ4n) is 1.84. The Kier molecular flexibility index (Phi) is 5.99. The first-order chi connectivity index (χ1) is 11.1. The molecule has 1 aromatic carbocycles. The van der Waals surface area contributed by atoms with E-state index in [2.05, 4.69) is 20.8 Å². The Morgan fingerprint density at radius 3 is 2.61 bits per heavy atom. The lowest BCUT2D eigenvalue weighted by atomic mass is 10.2. The van der Waals surface area contributed by atoms with Crippen LogP contribution in [0.5, 0.6) is 0 Å². The van der Waals surface area contributed by atoms with Crippen molar-refractivity contribution in [1.29, 1.82) is 0 Å². The zero-order valence-corrected chi connectivity index (χ0v) is 12.8. The molecule has 0 radical (unpaired) electrons. The monoisotopic (exact) mass is 310 g/mol. The van der Waals surface area contributed by atoms with Crippen molar-refractivity contribution in [3.8, 4) is 0 Å². The summed E-state index contributed by atoms with van der Waals surface area (Å²) in [6.45, 7) is 2.10. The van der Waals surface area contributed by atoms with E-state index in [1.54, 1.807) is 43.6 Å². The van der Waals surface area contributed by atoms with Crippen LogP contribution in [0.2, 0.25) is 0 Å². The Morgan fingerprint density at radius 1 is 1.13 bits per heavy atom. The number of nitrogens with zero attached hydrogens (tertiary/aromatic N) is 2. The summed E-state index contributed by atoms with van der Waals surface area (Å²) in [5.74, 6) is -0.468. The lowest BCUT2D eigenvalue weighted by Crippen LogP contribution is -2.26. The fourth-order valence-corrected chi connectivity index (χ4v) is 1.84. The van der Waals surface area contributed by atoms with Gasteiger partial charge in [0.1, 0.15) is 0 Å². The predicted molar refractivity (Wildman–Crippen MR) is 87.7 cm³/mol. The van der Waals surface area contributed by atoms with Gasteiger partial charge in [-0.15, -0.1) is 0 Å². The van der Waals surface area contributed by atoms with Crippen molar-refractivity contribution in [3.63, 3.8) is 0 Å². The average Bonchev–Trinajstić information content (AvgIpc) is 2.59. The molecule has 0 saturated heterocycles. The Morgan fingerprint density at radius 2 is 1.91 bits per heavy atom. The quantitative estimate of drug-likeness (QED) is 0.631. The number of hydrogen-bond acceptors (Lipinski definition) is 4. The molecule has 6 nitrogen and oxygen atoms in total. The molecule has 0 aliphatic rings. The van der Waals surface area contributed by atoms with Crippen LogP contribution in [0.25, 0.3) is 0 Å². The molecule has 1 aromatic heterocycles. The number of amides is 2. The number of aromatic nitrogens is 1. The number of benzene rings is 1. The molecule has 23 heavy (non-hydrogen) atoms. The zero-order chi connectivity index (χ0) is 16.5. The highest BCUT2D eigenvalue weighted by atomic mass is 16.2. The van der Waals surface area contributed by atoms with Gasteiger partial charge in [0.15, 0.2) is 0 Å². The molecule has 0 aliphatic carbocycles. The van der Waals surface area contributed by atoms with Crippen LogP contribution in [0.15, 0.2) is 60.0 Å². The molecule has 0 atom stereocenters. The van der Waals surface area contributed by atoms with Crippen LogP contribution in [0.3, 0.4) is 0 Å². The molecule has 2 rings (SSSR count). The van der Waals surface area contributed by atoms with Gasteiger partial charge in [-0.1, -0.05) is 24.3 Å². The number of carbonyl (C=O) groups excluding carboxylic acids is 2. The van der Waals surface area contributed by atoms with Crippen LogP contribution >= 0.6 is 0 Å². The van der Waals surface area contributed by atoms with E-state index >= 15 is 0 Å². The van der Waals surface area contributed by atoms with E-state index in [4.69, 9.17) is 0 Å². The summed E-state index contributed by atoms with van der Waals surface area (Å²) in [5.41, 5.74) is 4.41. The predicted octanol–water partition coefficient (Wildman–Crippen LogP) is 1.89. The van der Waals surface area contributed by atoms with Gasteiger partial charge < -0.3 is 5.32 Å². The molecule has 0 bridgehead atoms. The van der Waals surface area contributed by atoms with E-state index in [0.717, 1.165) is 5.56 Å². The second kappa shape index (κ2) is 8.43. The molecule has 0 saturated carbocycles. The second-order valence-corrected chi connectivity index (χ2v) is 4.97. The number of pyridine rings is 1. The third-order valence-corrected chi connectivity index (χ3v) is 3.01. The molecule has 0 unspecified atom stereocenters. The summed E-state index contributed by atoms with van der Waals surface area (Å²) < 4.78 is 0. The minimum absolute atomic E-state index is 0.120. The first kappa shape index (κ1) is 16.4. The van der Waals surface area contributed by atoms with Gasteiger partial charge in [-0.25, -0.2) is 5.43 Å². The van der Waals surface area contributed by atoms with Gasteiger partial charge in [0, 0.05) is 30.2 Å². The minimum Gasteiger partial charge on any atom is -0.352 e. The Labute approximate surface area is 134 Å². The van der Waals surface area contributed by atoms with Crippen molar-refractivity contribution < 1.29 is 9.59 Å². The third-order valence-electron chi connectivity index (χ3n) is 3.01. The normalized spacial score (nSPS) is 10.9. The first-order valence-electron chi connectivity index (χ1n) is 7.19. The number of carbonyl (C=O) groups is 2. The molecule has 118 valence electrons. The van der Waals surface area contributed by atoms with Crippen molar-refractivity contribution in [2.75, 3.05) is 0 Å². The second-order valence-electron chi connectivity index (χ2n) is 4.97. The van der Waals surface area contributed by atoms with Gasteiger partial charge in [-0.05, 0) is 30.7 Å². The maximum absolute atomic E-state index is 11.8. The molecule has 6 heteroatoms. The van der Waals surface area contributed by atoms with Crippen molar-refractivity contribution in [2.45, 2.75) is 19.9 Å². The standard InChI is InChI=1S/C17H18N4O2/c1-13(20-21-17(23)15-7-3-2-4-8-15)10-16(22)19-12-14-6-5-9-18-11-14/h2-9,11H,10,12H2,1H3,(H,19,22)(H,21,23)/b20-13+. The molecule has 2 aromatic rings. The fraction of sp³-hybridized carbons (Fsp3) is 0.176. The molecule has 2 amide bonds. The number of rotatable bonds is 6. The average molecular weight is 310 g/mol. The van der Waals surface area contributed by atoms with Gasteiger partial charge in [0.05, 0.1) is 6.42 Å². The minimum atomic E-state index is -0.305. The number of hydrazone groups is 1. The van der Waals surface area contributed by atoms with Gasteiger partial charge in [-0.3, -0.25) is 14.6 Å². The highest BCUT2D eigenvalue weighted by Gasteiger charge is 2.06. The number of nitrogens with one attached hydrogen (secondary N) is 2. The van der Waals surface area contributed by atoms with Gasteiger partial charge >= 0.3 is 0 Å². The molecule has 0 spiro atoms. The Balaban J connectivity index is 1.78. The molecular weight excluding hydrogens is 292 g/mol. The molecule has 1 heterocycles. The summed E-state index contributed by atoms with van der Waals surface area (Å²) in [4.78, 5) is 27.6. The molecular formula is C17H18N4O2. The maximum Gasteiger partial charge on any atom is 0.271 e. The Bertz CT molecular complexity index is 684. The largest absolute Gasteiger partial charge is 0.352 e. The van der Waals surface area contributed by atoms with Gasteiger partial charge in [0.25, 0.3) is 5.91 Å². The molecule has 0 fully saturated rings. The smallest absolute Gasteiger partial charge is 0.271 e. The van der Waals surface area contributed by atoms with E-state index in [0.29, 0.717) is 17.8 Å². The van der Waals surface area contributed by atoms with E-state index in [1.807, 2.05) is 18.2 Å². The lowest BCUT2D eigenvalue weighted by Gasteiger charge is -2.05. The van der Waals surface area contributed by atoms with Crippen LogP contribution in [0.4, 0.5) is 0 Å². The summed E-state index contributed by atoms with van der Waals surface area (Å²) in [5, 5.41) is 6.72. The highest BCUT2D eigenvalue weighted by Crippen LogP contribution is 1.98. The van der Waals surface area contributed by atoms with Crippen molar-refractivity contribution in [1.82, 2.24) is 15.7 Å². The van der Waals surface area contributed by atoms with E-state index in [9.17, 15) is 9.59 Å². The van der Waals surface area contributed by atoms with E-state index < -0.39 is 0 Å². The van der Waals surface area contributed by atoms with Crippen molar-refractivity contribution >= 4 is 17.5 Å². The lowest BCUT2D eigenvalue weighted by molar-refractivity contribution is -0.120. The van der Waals surface area contributed by atoms with Crippen LogP contribution in [0.1, 0.15) is 29.3 Å². The van der Waals surface area contributed by atoms with Gasteiger partial charge in [-0.2, -0.15) is 5.10 Å². The van der Waals surface area contributed by atoms with Crippen molar-refractivity contribution in [2.24, 2.45) is 5.10 Å². The summed E-state index contributed by atoms with van der Waals surface area (Å²) in [6, 6.07) is 12.5. The molecule has 0 aliphatic heterocycles. The summed E-state index contributed by atoms with van der Waals surface area (Å²) >= 11 is 0. The maximum atomic E-state index is 11.8. The number of hydrogen-bond donors (Lipinski definition) is 2. The van der Waals surface area contributed by atoms with Gasteiger partial charge in [0.2, 0.25) is 5.91 Å². The van der Waals surface area contributed by atoms with Crippen LogP contribution in [0, 0.1) is 0 Å².